The van der Waals surface area contributed by atoms with Gasteiger partial charge in [0.2, 0.25) is 11.3 Å². The van der Waals surface area contributed by atoms with Crippen LogP contribution in [0.5, 0.6) is 5.88 Å². The van der Waals surface area contributed by atoms with Gasteiger partial charge in [-0.05, 0) is 31.2 Å². The van der Waals surface area contributed by atoms with Crippen LogP contribution in [0.3, 0.4) is 0 Å². The lowest BCUT2D eigenvalue weighted by molar-refractivity contribution is 0.0949. The SMILES string of the molecule is CCOc1ccc2[nH]cc(C(=O)NCc3cccc(CNC)c3)c(=O)c2n1.Cl. The van der Waals surface area contributed by atoms with Gasteiger partial charge in [0, 0.05) is 25.4 Å². The number of aromatic nitrogens is 2. The van der Waals surface area contributed by atoms with Crippen LogP contribution < -0.4 is 20.8 Å². The van der Waals surface area contributed by atoms with Crippen LogP contribution in [0.4, 0.5) is 0 Å². The van der Waals surface area contributed by atoms with Crippen LogP contribution in [0.25, 0.3) is 11.0 Å². The number of hydrogen-bond acceptors (Lipinski definition) is 5. The van der Waals surface area contributed by atoms with Crippen molar-refractivity contribution >= 4 is 29.3 Å². The second kappa shape index (κ2) is 9.87. The Labute approximate surface area is 168 Å². The maximum absolute atomic E-state index is 12.7. The fraction of sp³-hybridized carbons (Fsp3) is 0.250. The summed E-state index contributed by atoms with van der Waals surface area (Å²) < 4.78 is 5.34. The van der Waals surface area contributed by atoms with Crippen LogP contribution >= 0.6 is 12.4 Å². The van der Waals surface area contributed by atoms with Gasteiger partial charge in [-0.3, -0.25) is 9.59 Å². The van der Waals surface area contributed by atoms with Crippen LogP contribution in [-0.2, 0) is 13.1 Å². The minimum atomic E-state index is -0.444. The van der Waals surface area contributed by atoms with E-state index in [1.807, 2.05) is 38.2 Å². The minimum Gasteiger partial charge on any atom is -0.478 e. The zero-order chi connectivity index (χ0) is 19.2. The Morgan fingerprint density at radius 1 is 1.18 bits per heavy atom. The second-order valence-electron chi connectivity index (χ2n) is 6.04. The largest absolute Gasteiger partial charge is 0.478 e. The summed E-state index contributed by atoms with van der Waals surface area (Å²) in [5.74, 6) is -0.0878. The summed E-state index contributed by atoms with van der Waals surface area (Å²) in [6.45, 7) is 3.37. The molecular formula is C20H23ClN4O3. The van der Waals surface area contributed by atoms with Crippen LogP contribution in [0.1, 0.15) is 28.4 Å². The first-order chi connectivity index (χ1) is 13.1. The number of amides is 1. The maximum Gasteiger partial charge on any atom is 0.257 e. The average molecular weight is 403 g/mol. The lowest BCUT2D eigenvalue weighted by Crippen LogP contribution is -2.28. The van der Waals surface area contributed by atoms with Crippen molar-refractivity contribution in [3.8, 4) is 5.88 Å². The molecule has 148 valence electrons. The molecule has 3 rings (SSSR count). The monoisotopic (exact) mass is 402 g/mol. The second-order valence-corrected chi connectivity index (χ2v) is 6.04. The molecule has 1 aromatic carbocycles. The summed E-state index contributed by atoms with van der Waals surface area (Å²) in [5, 5.41) is 5.88. The van der Waals surface area contributed by atoms with Crippen LogP contribution in [0, 0.1) is 0 Å². The number of rotatable bonds is 7. The number of fused-ring (bicyclic) bond motifs is 1. The number of benzene rings is 1. The number of ether oxygens (including phenoxy) is 1. The Morgan fingerprint density at radius 3 is 2.64 bits per heavy atom. The summed E-state index contributed by atoms with van der Waals surface area (Å²) in [7, 11) is 1.88. The lowest BCUT2D eigenvalue weighted by atomic mass is 10.1. The van der Waals surface area contributed by atoms with E-state index in [0.29, 0.717) is 24.5 Å². The molecule has 0 saturated carbocycles. The van der Waals surface area contributed by atoms with E-state index in [0.717, 1.165) is 17.7 Å². The highest BCUT2D eigenvalue weighted by Crippen LogP contribution is 2.12. The van der Waals surface area contributed by atoms with Gasteiger partial charge in [0.25, 0.3) is 5.91 Å². The number of carbonyl (C=O) groups is 1. The van der Waals surface area contributed by atoms with Crippen molar-refractivity contribution in [2.75, 3.05) is 13.7 Å². The van der Waals surface area contributed by atoms with Crippen LogP contribution in [0.2, 0.25) is 0 Å². The minimum absolute atomic E-state index is 0. The summed E-state index contributed by atoms with van der Waals surface area (Å²) in [6, 6.07) is 11.3. The average Bonchev–Trinajstić information content (AvgIpc) is 2.68. The lowest BCUT2D eigenvalue weighted by Gasteiger charge is -2.08. The number of aromatic amines is 1. The van der Waals surface area contributed by atoms with E-state index >= 15 is 0 Å². The first kappa shape index (κ1) is 21.4. The molecule has 0 saturated heterocycles. The molecule has 0 atom stereocenters. The maximum atomic E-state index is 12.7. The molecule has 8 heteroatoms. The Bertz CT molecular complexity index is 1020. The zero-order valence-corrected chi connectivity index (χ0v) is 16.6. The first-order valence-corrected chi connectivity index (χ1v) is 8.78. The molecule has 0 aliphatic heterocycles. The zero-order valence-electron chi connectivity index (χ0n) is 15.7. The molecule has 0 bridgehead atoms. The Kier molecular flexibility index (Phi) is 7.54. The molecule has 2 aromatic heterocycles. The fourth-order valence-electron chi connectivity index (χ4n) is 2.80. The van der Waals surface area contributed by atoms with Gasteiger partial charge in [0.15, 0.2) is 0 Å². The van der Waals surface area contributed by atoms with Crippen molar-refractivity contribution in [1.82, 2.24) is 20.6 Å². The molecule has 7 nitrogen and oxygen atoms in total. The summed E-state index contributed by atoms with van der Waals surface area (Å²) in [6.07, 6.45) is 1.42. The van der Waals surface area contributed by atoms with Crippen molar-refractivity contribution < 1.29 is 9.53 Å². The van der Waals surface area contributed by atoms with Crippen LogP contribution in [0.15, 0.2) is 47.4 Å². The smallest absolute Gasteiger partial charge is 0.257 e. The normalized spacial score (nSPS) is 10.4. The van der Waals surface area contributed by atoms with Gasteiger partial charge >= 0.3 is 0 Å². The van der Waals surface area contributed by atoms with Gasteiger partial charge in [-0.2, -0.15) is 0 Å². The molecule has 0 aliphatic rings. The topological polar surface area (TPSA) is 96.1 Å². The van der Waals surface area contributed by atoms with Gasteiger partial charge in [-0.15, -0.1) is 12.4 Å². The van der Waals surface area contributed by atoms with E-state index in [9.17, 15) is 9.59 Å². The summed E-state index contributed by atoms with van der Waals surface area (Å²) in [5.41, 5.74) is 2.43. The first-order valence-electron chi connectivity index (χ1n) is 8.78. The molecule has 3 N–H and O–H groups in total. The third-order valence-corrected chi connectivity index (χ3v) is 4.06. The molecular weight excluding hydrogens is 380 g/mol. The number of pyridine rings is 2. The third-order valence-electron chi connectivity index (χ3n) is 4.06. The van der Waals surface area contributed by atoms with Crippen molar-refractivity contribution in [3.05, 3.63) is 69.5 Å². The van der Waals surface area contributed by atoms with Crippen molar-refractivity contribution in [1.29, 1.82) is 0 Å². The fourth-order valence-corrected chi connectivity index (χ4v) is 2.80. The Morgan fingerprint density at radius 2 is 1.93 bits per heavy atom. The molecule has 0 aliphatic carbocycles. The molecule has 0 spiro atoms. The van der Waals surface area contributed by atoms with Crippen molar-refractivity contribution in [2.45, 2.75) is 20.0 Å². The summed E-state index contributed by atoms with van der Waals surface area (Å²) in [4.78, 5) is 32.3. The van der Waals surface area contributed by atoms with E-state index in [1.54, 1.807) is 12.1 Å². The molecule has 0 unspecified atom stereocenters. The Hall–Kier alpha value is -2.90. The highest BCUT2D eigenvalue weighted by atomic mass is 35.5. The number of hydrogen-bond donors (Lipinski definition) is 3. The standard InChI is InChI=1S/C20H22N4O3.ClH/c1-3-27-17-8-7-16-18(24-17)19(25)15(12-22-16)20(26)23-11-14-6-4-5-13(9-14)10-21-2;/h4-9,12,21H,3,10-11H2,1-2H3,(H,22,25)(H,23,26);1H. The van der Waals surface area contributed by atoms with Gasteiger partial charge in [-0.1, -0.05) is 24.3 Å². The quantitative estimate of drug-likeness (QED) is 0.564. The third kappa shape index (κ3) is 4.88. The summed E-state index contributed by atoms with van der Waals surface area (Å²) >= 11 is 0. The van der Waals surface area contributed by atoms with E-state index < -0.39 is 11.3 Å². The van der Waals surface area contributed by atoms with Gasteiger partial charge in [-0.25, -0.2) is 4.98 Å². The molecule has 0 radical (unpaired) electrons. The van der Waals surface area contributed by atoms with E-state index in [2.05, 4.69) is 20.6 Å². The van der Waals surface area contributed by atoms with Crippen LogP contribution in [-0.4, -0.2) is 29.5 Å². The van der Waals surface area contributed by atoms with Gasteiger partial charge < -0.3 is 20.4 Å². The number of halogens is 1. The van der Waals surface area contributed by atoms with Crippen molar-refractivity contribution in [2.24, 2.45) is 0 Å². The van der Waals surface area contributed by atoms with E-state index in [1.165, 1.54) is 6.20 Å². The molecule has 3 aromatic rings. The number of carbonyl (C=O) groups excluding carboxylic acids is 1. The highest BCUT2D eigenvalue weighted by Gasteiger charge is 2.14. The number of H-pyrrole nitrogens is 1. The number of nitrogens with one attached hydrogen (secondary N) is 3. The predicted molar refractivity (Wildman–Crippen MR) is 111 cm³/mol. The Balaban J connectivity index is 0.00000280. The van der Waals surface area contributed by atoms with Gasteiger partial charge in [0.05, 0.1) is 12.1 Å². The molecule has 28 heavy (non-hydrogen) atoms. The predicted octanol–water partition coefficient (Wildman–Crippen LogP) is 2.39. The van der Waals surface area contributed by atoms with Crippen molar-refractivity contribution in [3.63, 3.8) is 0 Å². The highest BCUT2D eigenvalue weighted by molar-refractivity contribution is 5.96. The molecule has 2 heterocycles. The molecule has 1 amide bonds. The van der Waals surface area contributed by atoms with E-state index in [4.69, 9.17) is 4.74 Å². The molecule has 0 fully saturated rings. The van der Waals surface area contributed by atoms with E-state index in [-0.39, 0.29) is 23.5 Å². The number of nitrogens with zero attached hydrogens (tertiary/aromatic N) is 1. The van der Waals surface area contributed by atoms with Gasteiger partial charge in [0.1, 0.15) is 11.1 Å².